The predicted octanol–water partition coefficient (Wildman–Crippen LogP) is 5.65. The summed E-state index contributed by atoms with van der Waals surface area (Å²) in [4.78, 5) is 15.1. The number of aromatic nitrogens is 1. The van der Waals surface area contributed by atoms with Crippen molar-refractivity contribution in [3.8, 4) is 0 Å². The fourth-order valence-corrected chi connectivity index (χ4v) is 5.59. The van der Waals surface area contributed by atoms with Gasteiger partial charge in [0.25, 0.3) is 0 Å². The molecule has 0 fully saturated rings. The Hall–Kier alpha value is -3.86. The molecule has 2 aromatic carbocycles. The standard InChI is InChI=1S/C27H27F3N6O2/c1-26(38-25(37)27(28,29)30)24-20-5-3-18(16-6-10-31-11-7-16)14-21(20)22(9-13-36(24)35-34-26)33-19-4-2-17-8-12-32-23(17)15-19/h2-6,8,12,14-15,22,24,31-33H,7,9-11,13H2,1H3. The third-order valence-electron chi connectivity index (χ3n) is 7.43. The van der Waals surface area contributed by atoms with E-state index in [-0.39, 0.29) is 6.04 Å². The van der Waals surface area contributed by atoms with Gasteiger partial charge in [0.15, 0.2) is 0 Å². The topological polar surface area (TPSA) is 94.1 Å². The van der Waals surface area contributed by atoms with Crippen LogP contribution in [0, 0.1) is 0 Å². The average molecular weight is 525 g/mol. The molecule has 3 aliphatic rings. The van der Waals surface area contributed by atoms with Crippen molar-refractivity contribution in [3.05, 3.63) is 71.4 Å². The van der Waals surface area contributed by atoms with Crippen molar-refractivity contribution in [1.82, 2.24) is 15.3 Å². The van der Waals surface area contributed by atoms with Crippen molar-refractivity contribution in [2.24, 2.45) is 10.3 Å². The number of hydrogen-bond acceptors (Lipinski definition) is 7. The van der Waals surface area contributed by atoms with Gasteiger partial charge in [0.2, 0.25) is 5.72 Å². The van der Waals surface area contributed by atoms with E-state index in [0.717, 1.165) is 52.8 Å². The molecule has 4 heterocycles. The van der Waals surface area contributed by atoms with Gasteiger partial charge in [0.05, 0.1) is 6.04 Å². The minimum Gasteiger partial charge on any atom is -0.426 e. The fourth-order valence-electron chi connectivity index (χ4n) is 5.59. The van der Waals surface area contributed by atoms with E-state index >= 15 is 0 Å². The first-order valence-corrected chi connectivity index (χ1v) is 12.6. The molecule has 0 saturated carbocycles. The highest BCUT2D eigenvalue weighted by atomic mass is 19.4. The van der Waals surface area contributed by atoms with E-state index in [1.807, 2.05) is 42.6 Å². The molecule has 0 spiro atoms. The quantitative estimate of drug-likeness (QED) is 0.384. The number of rotatable bonds is 4. The maximum Gasteiger partial charge on any atom is 0.491 e. The number of ether oxygens (including phenoxy) is 1. The van der Waals surface area contributed by atoms with Crippen LogP contribution >= 0.6 is 0 Å². The van der Waals surface area contributed by atoms with Gasteiger partial charge in [-0.15, -0.1) is 5.11 Å². The van der Waals surface area contributed by atoms with Gasteiger partial charge >= 0.3 is 12.1 Å². The van der Waals surface area contributed by atoms with Gasteiger partial charge in [0.1, 0.15) is 6.04 Å². The minimum atomic E-state index is -5.13. The van der Waals surface area contributed by atoms with E-state index in [0.29, 0.717) is 13.0 Å². The molecule has 3 N–H and O–H groups in total. The van der Waals surface area contributed by atoms with Crippen molar-refractivity contribution in [3.63, 3.8) is 0 Å². The van der Waals surface area contributed by atoms with Crippen LogP contribution in [0.2, 0.25) is 0 Å². The molecule has 0 aliphatic carbocycles. The molecule has 3 unspecified atom stereocenters. The minimum absolute atomic E-state index is 0.164. The molecule has 3 atom stereocenters. The highest BCUT2D eigenvalue weighted by Crippen LogP contribution is 2.48. The third-order valence-corrected chi connectivity index (χ3v) is 7.43. The number of anilines is 1. The second-order valence-corrected chi connectivity index (χ2v) is 9.99. The highest BCUT2D eigenvalue weighted by Gasteiger charge is 2.54. The van der Waals surface area contributed by atoms with E-state index in [4.69, 9.17) is 4.74 Å². The zero-order valence-electron chi connectivity index (χ0n) is 20.7. The Morgan fingerprint density at radius 1 is 1.18 bits per heavy atom. The molecular formula is C27H27F3N6O2. The highest BCUT2D eigenvalue weighted by molar-refractivity contribution is 5.83. The Kier molecular flexibility index (Phi) is 5.90. The number of alkyl halides is 3. The summed E-state index contributed by atoms with van der Waals surface area (Å²) in [5.74, 6) is -2.28. The van der Waals surface area contributed by atoms with Crippen LogP contribution < -0.4 is 10.6 Å². The van der Waals surface area contributed by atoms with Crippen LogP contribution in [0.3, 0.4) is 0 Å². The first kappa shape index (κ1) is 24.5. The summed E-state index contributed by atoms with van der Waals surface area (Å²) in [5.41, 5.74) is 4.01. The lowest BCUT2D eigenvalue weighted by atomic mass is 9.87. The number of esters is 1. The van der Waals surface area contributed by atoms with Crippen LogP contribution in [0.4, 0.5) is 18.9 Å². The monoisotopic (exact) mass is 524 g/mol. The van der Waals surface area contributed by atoms with Crippen LogP contribution in [-0.4, -0.2) is 47.5 Å². The average Bonchev–Trinajstić information content (AvgIpc) is 3.45. The van der Waals surface area contributed by atoms with Crippen LogP contribution in [0.25, 0.3) is 16.5 Å². The summed E-state index contributed by atoms with van der Waals surface area (Å²) >= 11 is 0. The molecule has 38 heavy (non-hydrogen) atoms. The van der Waals surface area contributed by atoms with Gasteiger partial charge in [-0.2, -0.15) is 13.2 Å². The number of benzene rings is 2. The predicted molar refractivity (Wildman–Crippen MR) is 136 cm³/mol. The zero-order chi connectivity index (χ0) is 26.5. The molecule has 0 amide bonds. The summed E-state index contributed by atoms with van der Waals surface area (Å²) in [6.07, 6.45) is 0.397. The molecular weight excluding hydrogens is 497 g/mol. The number of carbonyl (C=O) groups is 1. The molecule has 8 nitrogen and oxygen atoms in total. The summed E-state index contributed by atoms with van der Waals surface area (Å²) in [7, 11) is 0. The number of H-pyrrole nitrogens is 1. The third kappa shape index (κ3) is 4.40. The van der Waals surface area contributed by atoms with E-state index in [1.165, 1.54) is 12.5 Å². The molecule has 1 aromatic heterocycles. The van der Waals surface area contributed by atoms with Crippen LogP contribution in [0.1, 0.15) is 48.5 Å². The fraction of sp³-hybridized carbons (Fsp3) is 0.370. The van der Waals surface area contributed by atoms with Gasteiger partial charge in [0, 0.05) is 37.4 Å². The Labute approximate surface area is 216 Å². The molecule has 3 aromatic rings. The Morgan fingerprint density at radius 3 is 2.84 bits per heavy atom. The van der Waals surface area contributed by atoms with Gasteiger partial charge in [-0.05, 0) is 71.3 Å². The molecule has 0 radical (unpaired) electrons. The Balaban J connectivity index is 1.41. The molecule has 0 bridgehead atoms. The van der Waals surface area contributed by atoms with Gasteiger partial charge in [-0.1, -0.05) is 29.5 Å². The summed E-state index contributed by atoms with van der Waals surface area (Å²) in [5, 5.41) is 17.8. The summed E-state index contributed by atoms with van der Waals surface area (Å²) in [6.45, 7) is 3.45. The van der Waals surface area contributed by atoms with E-state index in [9.17, 15) is 18.0 Å². The number of fused-ring (bicyclic) bond motifs is 4. The lowest BCUT2D eigenvalue weighted by Gasteiger charge is -2.32. The van der Waals surface area contributed by atoms with Crippen molar-refractivity contribution < 1.29 is 22.7 Å². The molecule has 6 rings (SSSR count). The Bertz CT molecular complexity index is 1450. The summed E-state index contributed by atoms with van der Waals surface area (Å²) in [6, 6.07) is 13.1. The van der Waals surface area contributed by atoms with Crippen LogP contribution in [0.5, 0.6) is 0 Å². The molecule has 3 aliphatic heterocycles. The second kappa shape index (κ2) is 9.16. The number of carbonyl (C=O) groups excluding carboxylic acids is 1. The summed E-state index contributed by atoms with van der Waals surface area (Å²) < 4.78 is 44.4. The zero-order valence-corrected chi connectivity index (χ0v) is 20.7. The maximum absolute atomic E-state index is 13.1. The lowest BCUT2D eigenvalue weighted by molar-refractivity contribution is -0.215. The number of halogens is 3. The molecule has 11 heteroatoms. The van der Waals surface area contributed by atoms with Crippen molar-refractivity contribution in [2.45, 2.75) is 43.8 Å². The van der Waals surface area contributed by atoms with Gasteiger partial charge in [-0.3, -0.25) is 5.01 Å². The maximum atomic E-state index is 13.1. The van der Waals surface area contributed by atoms with E-state index < -0.39 is 23.9 Å². The number of nitrogens with one attached hydrogen (secondary N) is 3. The second-order valence-electron chi connectivity index (χ2n) is 9.99. The SMILES string of the molecule is CC1(OC(=O)C(F)(F)F)N=NN2CCC(Nc3ccc4cc[nH]c4c3)c3cc(C4=CCNCC4)ccc3C21. The van der Waals surface area contributed by atoms with E-state index in [1.54, 1.807) is 5.01 Å². The smallest absolute Gasteiger partial charge is 0.426 e. The number of hydrogen-bond donors (Lipinski definition) is 3. The lowest BCUT2D eigenvalue weighted by Crippen LogP contribution is -2.42. The van der Waals surface area contributed by atoms with Crippen LogP contribution in [-0.2, 0) is 9.53 Å². The van der Waals surface area contributed by atoms with Gasteiger partial charge < -0.3 is 20.4 Å². The largest absolute Gasteiger partial charge is 0.491 e. The first-order chi connectivity index (χ1) is 18.2. The number of aromatic amines is 1. The van der Waals surface area contributed by atoms with Crippen molar-refractivity contribution >= 4 is 28.1 Å². The van der Waals surface area contributed by atoms with Gasteiger partial charge in [-0.25, -0.2) is 4.79 Å². The van der Waals surface area contributed by atoms with E-state index in [2.05, 4.69) is 38.1 Å². The van der Waals surface area contributed by atoms with Crippen LogP contribution in [0.15, 0.2) is 65.1 Å². The Morgan fingerprint density at radius 2 is 2.05 bits per heavy atom. The number of nitrogens with zero attached hydrogens (tertiary/aromatic N) is 3. The first-order valence-electron chi connectivity index (χ1n) is 12.6. The molecule has 0 saturated heterocycles. The molecule has 198 valence electrons. The normalized spacial score (nSPS) is 24.9. The van der Waals surface area contributed by atoms with Crippen molar-refractivity contribution in [2.75, 3.05) is 25.0 Å². The van der Waals surface area contributed by atoms with Crippen molar-refractivity contribution in [1.29, 1.82) is 0 Å².